The monoisotopic (exact) mass is 741 g/mol. The van der Waals surface area contributed by atoms with Crippen LogP contribution in [0.1, 0.15) is 77.2 Å². The number of nitrogens with one attached hydrogen (secondary N) is 1. The number of fused-ring (bicyclic) bond motifs is 1. The molecule has 0 spiro atoms. The van der Waals surface area contributed by atoms with E-state index in [1.807, 2.05) is 60.4 Å². The zero-order valence-corrected chi connectivity index (χ0v) is 31.1. The first kappa shape index (κ1) is 34.4. The van der Waals surface area contributed by atoms with Crippen LogP contribution in [0.5, 0.6) is 0 Å². The van der Waals surface area contributed by atoms with Gasteiger partial charge in [-0.1, -0.05) is 62.6 Å². The number of hydrogen-bond donors (Lipinski definition) is 2. The number of hydrogen-bond acceptors (Lipinski definition) is 6. The molecule has 3 heterocycles. The summed E-state index contributed by atoms with van der Waals surface area (Å²) in [6.45, 7) is 7.80. The highest BCUT2D eigenvalue weighted by Gasteiger charge is 2.32. The Morgan fingerprint density at radius 3 is 2.48 bits per heavy atom. The smallest absolute Gasteiger partial charge is 0.274 e. The van der Waals surface area contributed by atoms with Crippen LogP contribution >= 0.6 is 38.9 Å². The summed E-state index contributed by atoms with van der Waals surface area (Å²) in [5.41, 5.74) is 5.23. The van der Waals surface area contributed by atoms with E-state index < -0.39 is 9.68 Å². The summed E-state index contributed by atoms with van der Waals surface area (Å²) in [6.07, 6.45) is 4.46. The molecule has 1 unspecified atom stereocenters. The van der Waals surface area contributed by atoms with Gasteiger partial charge in [0.15, 0.2) is 15.4 Å². The quantitative estimate of drug-likeness (QED) is 0.162. The van der Waals surface area contributed by atoms with Crippen molar-refractivity contribution in [1.29, 1.82) is 0 Å². The maximum absolute atomic E-state index is 14.5. The number of thiophene rings is 1. The highest BCUT2D eigenvalue weighted by Crippen LogP contribution is 2.29. The Morgan fingerprint density at radius 2 is 1.83 bits per heavy atom. The maximum atomic E-state index is 14.5. The summed E-state index contributed by atoms with van der Waals surface area (Å²) >= 11 is 11.4. The molecular formula is C34H41BrClN5O3SSi. The van der Waals surface area contributed by atoms with E-state index >= 15 is 0 Å². The first-order valence-corrected chi connectivity index (χ1v) is 19.3. The second-order valence-electron chi connectivity index (χ2n) is 11.7. The second-order valence-corrected chi connectivity index (χ2v) is 16.3. The van der Waals surface area contributed by atoms with Gasteiger partial charge in [0.25, 0.3) is 11.8 Å². The van der Waals surface area contributed by atoms with E-state index in [9.17, 15) is 14.7 Å². The van der Waals surface area contributed by atoms with Crippen LogP contribution in [-0.4, -0.2) is 71.9 Å². The van der Waals surface area contributed by atoms with Gasteiger partial charge in [0.05, 0.1) is 28.2 Å². The van der Waals surface area contributed by atoms with E-state index in [0.717, 1.165) is 57.0 Å². The summed E-state index contributed by atoms with van der Waals surface area (Å²) in [6, 6.07) is 17.2. The largest absolute Gasteiger partial charge is 0.411 e. The third-order valence-corrected chi connectivity index (χ3v) is 13.2. The maximum Gasteiger partial charge on any atom is 0.274 e. The van der Waals surface area contributed by atoms with Crippen molar-refractivity contribution in [2.24, 2.45) is 0 Å². The van der Waals surface area contributed by atoms with Crippen molar-refractivity contribution in [3.63, 3.8) is 0 Å². The first-order chi connectivity index (χ1) is 22.2. The summed E-state index contributed by atoms with van der Waals surface area (Å²) in [4.78, 5) is 35.4. The predicted octanol–water partition coefficient (Wildman–Crippen LogP) is 6.08. The third-order valence-electron chi connectivity index (χ3n) is 8.42. The standard InChI is InChI=1S/C34H41BrClN5O3SSi/c1-4-6-14-39(15-7-5-2)33(44)29-16-22(3)41(37-29)30-13-12-25(38-46-34-28(35)19-31(36)45-34)18-27(30)32(43)40-20-24-11-9-8-10-23(24)17-26(40)21-42/h8-13,16,18-19,26,38,42H,4-7,14-15,17,20-21,46H2,1-3H3. The topological polar surface area (TPSA) is 90.7 Å². The lowest BCUT2D eigenvalue weighted by molar-refractivity contribution is 0.0544. The molecule has 0 radical (unpaired) electrons. The minimum Gasteiger partial charge on any atom is -0.411 e. The number of rotatable bonds is 13. The Hall–Kier alpha value is -2.96. The van der Waals surface area contributed by atoms with Crippen LogP contribution in [0.15, 0.2) is 59.1 Å². The average Bonchev–Trinajstić information content (AvgIpc) is 3.62. The molecule has 46 heavy (non-hydrogen) atoms. The first-order valence-electron chi connectivity index (χ1n) is 15.9. The number of aliphatic hydroxyl groups excluding tert-OH is 1. The van der Waals surface area contributed by atoms with Crippen molar-refractivity contribution in [3.8, 4) is 5.69 Å². The summed E-state index contributed by atoms with van der Waals surface area (Å²) < 4.78 is 4.60. The fourth-order valence-electron chi connectivity index (χ4n) is 5.82. The molecule has 8 nitrogen and oxygen atoms in total. The normalized spacial score (nSPS) is 14.6. The Kier molecular flexibility index (Phi) is 11.8. The summed E-state index contributed by atoms with van der Waals surface area (Å²) in [7, 11) is -0.949. The van der Waals surface area contributed by atoms with Gasteiger partial charge in [-0.2, -0.15) is 5.10 Å². The number of carbonyl (C=O) groups is 2. The Morgan fingerprint density at radius 1 is 1.11 bits per heavy atom. The van der Waals surface area contributed by atoms with Crippen LogP contribution in [0.2, 0.25) is 4.34 Å². The van der Waals surface area contributed by atoms with Crippen LogP contribution in [0.4, 0.5) is 5.69 Å². The second kappa shape index (κ2) is 15.8. The van der Waals surface area contributed by atoms with E-state index in [2.05, 4.69) is 40.8 Å². The van der Waals surface area contributed by atoms with Crippen molar-refractivity contribution >= 4 is 70.6 Å². The van der Waals surface area contributed by atoms with E-state index in [0.29, 0.717) is 43.0 Å². The van der Waals surface area contributed by atoms with E-state index in [1.165, 1.54) is 4.50 Å². The number of unbranched alkanes of at least 4 members (excludes halogenated alkanes) is 2. The number of amides is 2. The minimum absolute atomic E-state index is 0.0888. The molecule has 1 aliphatic heterocycles. The molecule has 0 aliphatic carbocycles. The highest BCUT2D eigenvalue weighted by molar-refractivity contribution is 9.10. The Labute approximate surface area is 290 Å². The number of aliphatic hydroxyl groups is 1. The van der Waals surface area contributed by atoms with E-state index in [4.69, 9.17) is 16.7 Å². The van der Waals surface area contributed by atoms with Gasteiger partial charge in [0.2, 0.25) is 0 Å². The predicted molar refractivity (Wildman–Crippen MR) is 194 cm³/mol. The average molecular weight is 743 g/mol. The zero-order chi connectivity index (χ0) is 32.8. The number of carbonyl (C=O) groups excluding carboxylic acids is 2. The van der Waals surface area contributed by atoms with Crippen LogP contribution in [0.25, 0.3) is 5.69 Å². The molecular weight excluding hydrogens is 702 g/mol. The van der Waals surface area contributed by atoms with E-state index in [-0.39, 0.29) is 24.5 Å². The van der Waals surface area contributed by atoms with Gasteiger partial charge in [-0.05, 0) is 83.6 Å². The Bertz CT molecular complexity index is 1690. The molecule has 2 aromatic heterocycles. The molecule has 2 amide bonds. The molecule has 1 atom stereocenters. The lowest BCUT2D eigenvalue weighted by atomic mass is 9.93. The van der Waals surface area contributed by atoms with Crippen LogP contribution < -0.4 is 9.48 Å². The van der Waals surface area contributed by atoms with Gasteiger partial charge in [-0.3, -0.25) is 9.59 Å². The molecule has 2 N–H and O–H groups in total. The third kappa shape index (κ3) is 7.77. The van der Waals surface area contributed by atoms with E-state index in [1.54, 1.807) is 20.9 Å². The van der Waals surface area contributed by atoms with Crippen LogP contribution in [0, 0.1) is 6.92 Å². The van der Waals surface area contributed by atoms with Gasteiger partial charge < -0.3 is 19.9 Å². The van der Waals surface area contributed by atoms with Crippen LogP contribution in [-0.2, 0) is 13.0 Å². The van der Waals surface area contributed by atoms with Gasteiger partial charge in [-0.15, -0.1) is 11.3 Å². The lowest BCUT2D eigenvalue weighted by Gasteiger charge is -2.36. The molecule has 0 fully saturated rings. The van der Waals surface area contributed by atoms with Gasteiger partial charge in [-0.25, -0.2) is 4.68 Å². The summed E-state index contributed by atoms with van der Waals surface area (Å²) in [5.74, 6) is -0.279. The van der Waals surface area contributed by atoms with Crippen molar-refractivity contribution in [2.75, 3.05) is 24.7 Å². The molecule has 244 valence electrons. The fraction of sp³-hybridized carbons (Fsp3) is 0.382. The summed E-state index contributed by atoms with van der Waals surface area (Å²) in [5, 5.41) is 15.2. The molecule has 2 aromatic carbocycles. The molecule has 5 rings (SSSR count). The number of anilines is 1. The number of benzene rings is 2. The number of aryl methyl sites for hydroxylation is 1. The van der Waals surface area contributed by atoms with Crippen molar-refractivity contribution < 1.29 is 14.7 Å². The van der Waals surface area contributed by atoms with Gasteiger partial charge in [0, 0.05) is 40.0 Å². The Balaban J connectivity index is 1.52. The van der Waals surface area contributed by atoms with Crippen molar-refractivity contribution in [3.05, 3.63) is 91.5 Å². The molecule has 0 bridgehead atoms. The highest BCUT2D eigenvalue weighted by atomic mass is 79.9. The molecule has 1 aliphatic rings. The lowest BCUT2D eigenvalue weighted by Crippen LogP contribution is -2.46. The fourth-order valence-corrected chi connectivity index (χ4v) is 10.1. The SMILES string of the molecule is CCCCN(CCCC)C(=O)c1cc(C)n(-c2ccc(N[SiH2]c3sc(Cl)cc3Br)cc2C(=O)N2Cc3ccccc3CC2CO)n1. The molecule has 0 saturated heterocycles. The van der Waals surface area contributed by atoms with Crippen LogP contribution in [0.3, 0.4) is 0 Å². The van der Waals surface area contributed by atoms with Crippen molar-refractivity contribution in [1.82, 2.24) is 19.6 Å². The molecule has 12 heteroatoms. The van der Waals surface area contributed by atoms with Gasteiger partial charge in [0.1, 0.15) is 0 Å². The molecule has 0 saturated carbocycles. The minimum atomic E-state index is -0.949. The van der Waals surface area contributed by atoms with Gasteiger partial charge >= 0.3 is 0 Å². The molecule has 4 aromatic rings. The number of halogens is 2. The zero-order valence-electron chi connectivity index (χ0n) is 26.6. The number of aromatic nitrogens is 2. The number of nitrogens with zero attached hydrogens (tertiary/aromatic N) is 4. The van der Waals surface area contributed by atoms with Crippen molar-refractivity contribution in [2.45, 2.75) is 65.5 Å².